The summed E-state index contributed by atoms with van der Waals surface area (Å²) >= 11 is 0. The van der Waals surface area contributed by atoms with Crippen molar-refractivity contribution in [1.29, 1.82) is 0 Å². The van der Waals surface area contributed by atoms with Crippen LogP contribution < -0.4 is 9.80 Å². The van der Waals surface area contributed by atoms with Crippen molar-refractivity contribution in [3.05, 3.63) is 83.6 Å². The fraction of sp³-hybridized carbons (Fsp3) is 0.370. The summed E-state index contributed by atoms with van der Waals surface area (Å²) in [6, 6.07) is 22.3. The van der Waals surface area contributed by atoms with Gasteiger partial charge in [0.25, 0.3) is 0 Å². The van der Waals surface area contributed by atoms with Gasteiger partial charge in [0.1, 0.15) is 5.82 Å². The smallest absolute Gasteiger partial charge is 0.234 e. The van der Waals surface area contributed by atoms with Crippen LogP contribution >= 0.6 is 0 Å². The molecule has 1 aromatic heterocycles. The molecule has 1 amide bonds. The van der Waals surface area contributed by atoms with Crippen LogP contribution in [0.4, 0.5) is 11.8 Å². The van der Waals surface area contributed by atoms with Crippen LogP contribution in [-0.2, 0) is 4.79 Å². The van der Waals surface area contributed by atoms with Crippen molar-refractivity contribution in [2.24, 2.45) is 0 Å². The van der Waals surface area contributed by atoms with Gasteiger partial charge in [-0.2, -0.15) is 4.98 Å². The Kier molecular flexibility index (Phi) is 6.24. The van der Waals surface area contributed by atoms with Crippen molar-refractivity contribution in [2.45, 2.75) is 25.7 Å². The molecule has 3 heterocycles. The number of aryl methyl sites for hydroxylation is 1. The number of piperazine rings is 1. The number of amides is 1. The highest BCUT2D eigenvalue weighted by molar-refractivity contribution is 5.87. The predicted octanol–water partition coefficient (Wildman–Crippen LogP) is 3.87. The first-order valence-electron chi connectivity index (χ1n) is 11.9. The predicted molar refractivity (Wildman–Crippen MR) is 132 cm³/mol. The van der Waals surface area contributed by atoms with E-state index >= 15 is 0 Å². The second-order valence-electron chi connectivity index (χ2n) is 8.93. The summed E-state index contributed by atoms with van der Waals surface area (Å²) in [6.45, 7) is 7.04. The van der Waals surface area contributed by atoms with E-state index in [-0.39, 0.29) is 11.8 Å². The normalized spacial score (nSPS) is 16.5. The molecule has 0 unspecified atom stereocenters. The zero-order valence-corrected chi connectivity index (χ0v) is 19.2. The molecule has 6 heteroatoms. The first kappa shape index (κ1) is 21.4. The lowest BCUT2D eigenvalue weighted by Crippen LogP contribution is -2.50. The van der Waals surface area contributed by atoms with Crippen LogP contribution in [0.1, 0.15) is 35.6 Å². The van der Waals surface area contributed by atoms with Gasteiger partial charge < -0.3 is 14.7 Å². The third-order valence-corrected chi connectivity index (χ3v) is 6.65. The van der Waals surface area contributed by atoms with Crippen LogP contribution in [0, 0.1) is 6.92 Å². The van der Waals surface area contributed by atoms with E-state index in [0.29, 0.717) is 13.1 Å². The molecule has 3 aromatic rings. The highest BCUT2D eigenvalue weighted by atomic mass is 16.2. The minimum absolute atomic E-state index is 0.170. The minimum atomic E-state index is -0.276. The number of anilines is 2. The molecular formula is C27H31N5O. The zero-order valence-electron chi connectivity index (χ0n) is 19.2. The van der Waals surface area contributed by atoms with Gasteiger partial charge in [-0.3, -0.25) is 4.79 Å². The number of aromatic nitrogens is 2. The number of carbonyl (C=O) groups excluding carboxylic acids is 1. The average Bonchev–Trinajstić information content (AvgIpc) is 3.41. The lowest BCUT2D eigenvalue weighted by atomic mass is 9.90. The molecule has 0 N–H and O–H groups in total. The topological polar surface area (TPSA) is 52.6 Å². The Morgan fingerprint density at radius 1 is 0.758 bits per heavy atom. The maximum Gasteiger partial charge on any atom is 0.234 e. The summed E-state index contributed by atoms with van der Waals surface area (Å²) in [5, 5.41) is 0. The van der Waals surface area contributed by atoms with Crippen molar-refractivity contribution in [3.63, 3.8) is 0 Å². The molecule has 0 saturated carbocycles. The van der Waals surface area contributed by atoms with E-state index in [9.17, 15) is 4.79 Å². The monoisotopic (exact) mass is 441 g/mol. The molecule has 33 heavy (non-hydrogen) atoms. The SMILES string of the molecule is Cc1cc(N2CCN(C(=O)C(c3ccccc3)c3ccccc3)CC2)nc(N2CCCC2)n1. The molecule has 5 rings (SSSR count). The first-order valence-corrected chi connectivity index (χ1v) is 11.9. The van der Waals surface area contributed by atoms with Crippen LogP contribution in [-0.4, -0.2) is 60.0 Å². The van der Waals surface area contributed by atoms with Gasteiger partial charge in [0.05, 0.1) is 5.92 Å². The third-order valence-electron chi connectivity index (χ3n) is 6.65. The molecule has 0 spiro atoms. The molecule has 0 radical (unpaired) electrons. The Labute approximate surface area is 195 Å². The second kappa shape index (κ2) is 9.61. The Hall–Kier alpha value is -3.41. The van der Waals surface area contributed by atoms with E-state index in [4.69, 9.17) is 4.98 Å². The van der Waals surface area contributed by atoms with E-state index in [1.54, 1.807) is 0 Å². The molecule has 2 aliphatic heterocycles. The second-order valence-corrected chi connectivity index (χ2v) is 8.93. The number of rotatable bonds is 5. The standard InChI is InChI=1S/C27H31N5O/c1-21-20-24(29-27(28-21)32-14-8-9-15-32)30-16-18-31(19-17-30)26(33)25(22-10-4-2-5-11-22)23-12-6-3-7-13-23/h2-7,10-13,20,25H,8-9,14-19H2,1H3. The Bertz CT molecular complexity index is 1030. The molecule has 2 saturated heterocycles. The molecule has 0 bridgehead atoms. The summed E-state index contributed by atoms with van der Waals surface area (Å²) in [5.74, 6) is 1.71. The highest BCUT2D eigenvalue weighted by Gasteiger charge is 2.30. The molecule has 0 atom stereocenters. The Balaban J connectivity index is 1.32. The van der Waals surface area contributed by atoms with Gasteiger partial charge in [-0.1, -0.05) is 60.7 Å². The maximum absolute atomic E-state index is 13.7. The summed E-state index contributed by atoms with van der Waals surface area (Å²) in [7, 11) is 0. The molecule has 2 fully saturated rings. The number of benzene rings is 2. The van der Waals surface area contributed by atoms with Gasteiger partial charge in [0.15, 0.2) is 0 Å². The van der Waals surface area contributed by atoms with Gasteiger partial charge in [0.2, 0.25) is 11.9 Å². The molecular weight excluding hydrogens is 410 g/mol. The average molecular weight is 442 g/mol. The van der Waals surface area contributed by atoms with Crippen LogP contribution in [0.2, 0.25) is 0 Å². The van der Waals surface area contributed by atoms with Gasteiger partial charge in [-0.15, -0.1) is 0 Å². The van der Waals surface area contributed by atoms with E-state index in [2.05, 4.69) is 45.1 Å². The molecule has 0 aliphatic carbocycles. The first-order chi connectivity index (χ1) is 16.2. The van der Waals surface area contributed by atoms with Gasteiger partial charge in [-0.25, -0.2) is 4.98 Å². The zero-order chi connectivity index (χ0) is 22.6. The van der Waals surface area contributed by atoms with Crippen molar-refractivity contribution in [1.82, 2.24) is 14.9 Å². The quantitative estimate of drug-likeness (QED) is 0.602. The summed E-state index contributed by atoms with van der Waals surface area (Å²) in [5.41, 5.74) is 3.07. The fourth-order valence-corrected chi connectivity index (χ4v) is 4.86. The van der Waals surface area contributed by atoms with E-state index in [0.717, 1.165) is 54.8 Å². The van der Waals surface area contributed by atoms with Crippen LogP contribution in [0.3, 0.4) is 0 Å². The van der Waals surface area contributed by atoms with Crippen molar-refractivity contribution >= 4 is 17.7 Å². The molecule has 170 valence electrons. The number of nitrogens with zero attached hydrogens (tertiary/aromatic N) is 5. The van der Waals surface area contributed by atoms with Gasteiger partial charge in [0, 0.05) is 51.0 Å². The van der Waals surface area contributed by atoms with Gasteiger partial charge in [-0.05, 0) is 30.9 Å². The maximum atomic E-state index is 13.7. The summed E-state index contributed by atoms with van der Waals surface area (Å²) < 4.78 is 0. The third kappa shape index (κ3) is 4.70. The Morgan fingerprint density at radius 2 is 1.33 bits per heavy atom. The van der Waals surface area contributed by atoms with E-state index < -0.39 is 0 Å². The lowest BCUT2D eigenvalue weighted by Gasteiger charge is -2.37. The van der Waals surface area contributed by atoms with Crippen LogP contribution in [0.25, 0.3) is 0 Å². The molecule has 2 aliphatic rings. The fourth-order valence-electron chi connectivity index (χ4n) is 4.86. The lowest BCUT2D eigenvalue weighted by molar-refractivity contribution is -0.132. The highest BCUT2D eigenvalue weighted by Crippen LogP contribution is 2.28. The summed E-state index contributed by atoms with van der Waals surface area (Å²) in [6.07, 6.45) is 2.41. The largest absolute Gasteiger partial charge is 0.353 e. The van der Waals surface area contributed by atoms with Crippen LogP contribution in [0.5, 0.6) is 0 Å². The minimum Gasteiger partial charge on any atom is -0.353 e. The molecule has 6 nitrogen and oxygen atoms in total. The van der Waals surface area contributed by atoms with E-state index in [1.165, 1.54) is 12.8 Å². The van der Waals surface area contributed by atoms with Crippen LogP contribution in [0.15, 0.2) is 66.7 Å². The number of hydrogen-bond donors (Lipinski definition) is 0. The van der Waals surface area contributed by atoms with Gasteiger partial charge >= 0.3 is 0 Å². The number of hydrogen-bond acceptors (Lipinski definition) is 5. The van der Waals surface area contributed by atoms with Crippen molar-refractivity contribution in [3.8, 4) is 0 Å². The summed E-state index contributed by atoms with van der Waals surface area (Å²) in [4.78, 5) is 29.8. The molecule has 2 aromatic carbocycles. The van der Waals surface area contributed by atoms with Crippen molar-refractivity contribution in [2.75, 3.05) is 49.1 Å². The Morgan fingerprint density at radius 3 is 1.91 bits per heavy atom. The van der Waals surface area contributed by atoms with E-state index in [1.807, 2.05) is 48.2 Å². The van der Waals surface area contributed by atoms with Crippen molar-refractivity contribution < 1.29 is 4.79 Å². The number of carbonyl (C=O) groups is 1.